The number of amidine groups is 1. The van der Waals surface area contributed by atoms with E-state index < -0.39 is 0 Å². The summed E-state index contributed by atoms with van der Waals surface area (Å²) in [5.74, 6) is 0. The molecule has 3 aromatic rings. The molecule has 7 heteroatoms. The zero-order chi connectivity index (χ0) is 17.9. The highest BCUT2D eigenvalue weighted by molar-refractivity contribution is 8.13. The third-order valence-electron chi connectivity index (χ3n) is 3.86. The number of allylic oxidation sites excluding steroid dienone is 2. The number of hydrazone groups is 1. The van der Waals surface area contributed by atoms with E-state index in [-0.39, 0.29) is 0 Å². The van der Waals surface area contributed by atoms with Crippen LogP contribution in [-0.4, -0.2) is 38.1 Å². The fourth-order valence-corrected chi connectivity index (χ4v) is 3.44. The topological polar surface area (TPSA) is 69.5 Å². The van der Waals surface area contributed by atoms with Crippen molar-refractivity contribution in [3.05, 3.63) is 78.9 Å². The van der Waals surface area contributed by atoms with E-state index in [1.54, 1.807) is 24.5 Å². The molecule has 2 aromatic heterocycles. The van der Waals surface area contributed by atoms with Crippen molar-refractivity contribution >= 4 is 33.5 Å². The molecule has 128 valence electrons. The Morgan fingerprint density at radius 2 is 2.19 bits per heavy atom. The minimum Gasteiger partial charge on any atom is -0.285 e. The van der Waals surface area contributed by atoms with Crippen molar-refractivity contribution in [3.8, 4) is 0 Å². The molecule has 0 atom stereocenters. The Bertz CT molecular complexity index is 1050. The van der Waals surface area contributed by atoms with Crippen LogP contribution in [-0.2, 0) is 0 Å². The van der Waals surface area contributed by atoms with E-state index in [4.69, 9.17) is 0 Å². The summed E-state index contributed by atoms with van der Waals surface area (Å²) in [5.41, 5.74) is 3.44. The zero-order valence-electron chi connectivity index (χ0n) is 14.1. The molecule has 1 aromatic carbocycles. The van der Waals surface area contributed by atoms with E-state index >= 15 is 0 Å². The fourth-order valence-electron chi connectivity index (χ4n) is 2.57. The Balaban J connectivity index is 1.63. The minimum absolute atomic E-state index is 0.739. The number of benzene rings is 1. The van der Waals surface area contributed by atoms with Crippen LogP contribution in [0.25, 0.3) is 10.9 Å². The lowest BCUT2D eigenvalue weighted by Crippen LogP contribution is -2.25. The largest absolute Gasteiger partial charge is 0.285 e. The number of aliphatic imine (C=N–C) groups is 1. The summed E-state index contributed by atoms with van der Waals surface area (Å²) in [6.07, 6.45) is 9.18. The van der Waals surface area contributed by atoms with Crippen LogP contribution in [0.2, 0.25) is 0 Å². The van der Waals surface area contributed by atoms with Crippen LogP contribution < -0.4 is 0 Å². The first-order chi connectivity index (χ1) is 12.7. The van der Waals surface area contributed by atoms with Gasteiger partial charge in [0, 0.05) is 35.3 Å². The van der Waals surface area contributed by atoms with E-state index in [0.29, 0.717) is 0 Å². The first kappa shape index (κ1) is 16.3. The van der Waals surface area contributed by atoms with Crippen molar-refractivity contribution < 1.29 is 0 Å². The highest BCUT2D eigenvalue weighted by Crippen LogP contribution is 2.28. The molecular weight excluding hydrogens is 344 g/mol. The van der Waals surface area contributed by atoms with Gasteiger partial charge in [-0.05, 0) is 36.4 Å². The second-order valence-electron chi connectivity index (χ2n) is 5.57. The summed E-state index contributed by atoms with van der Waals surface area (Å²) in [5, 5.41) is 15.0. The molecule has 0 spiro atoms. The summed E-state index contributed by atoms with van der Waals surface area (Å²) in [7, 11) is 1.75. The molecule has 1 aliphatic rings. The third-order valence-corrected chi connectivity index (χ3v) is 4.89. The predicted molar refractivity (Wildman–Crippen MR) is 106 cm³/mol. The molecule has 4 rings (SSSR count). The molecule has 1 aliphatic heterocycles. The van der Waals surface area contributed by atoms with E-state index in [9.17, 15) is 0 Å². The molecular formula is C19H16N6S. The number of hydrogen-bond donors (Lipinski definition) is 1. The van der Waals surface area contributed by atoms with Crippen molar-refractivity contribution in [3.63, 3.8) is 0 Å². The number of aromatic nitrogens is 3. The van der Waals surface area contributed by atoms with Crippen LogP contribution >= 0.6 is 11.8 Å². The molecule has 6 nitrogen and oxygen atoms in total. The normalized spacial score (nSPS) is 14.8. The van der Waals surface area contributed by atoms with Crippen LogP contribution in [0.5, 0.6) is 0 Å². The number of aromatic amines is 1. The fraction of sp³-hybridized carbons (Fsp3) is 0.0526. The number of nitrogens with zero attached hydrogens (tertiary/aromatic N) is 5. The third kappa shape index (κ3) is 3.16. The Hall–Kier alpha value is -3.19. The van der Waals surface area contributed by atoms with Gasteiger partial charge in [-0.2, -0.15) is 10.2 Å². The summed E-state index contributed by atoms with van der Waals surface area (Å²) in [4.78, 5) is 9.84. The first-order valence-electron chi connectivity index (χ1n) is 7.99. The van der Waals surface area contributed by atoms with Gasteiger partial charge in [-0.25, -0.2) is 5.01 Å². The van der Waals surface area contributed by atoms with E-state index in [1.165, 1.54) is 11.8 Å². The van der Waals surface area contributed by atoms with E-state index in [2.05, 4.69) is 37.9 Å². The van der Waals surface area contributed by atoms with Crippen molar-refractivity contribution in [1.29, 1.82) is 0 Å². The van der Waals surface area contributed by atoms with Gasteiger partial charge in [0.25, 0.3) is 0 Å². The molecule has 26 heavy (non-hydrogen) atoms. The molecule has 0 fully saturated rings. The van der Waals surface area contributed by atoms with Gasteiger partial charge in [0.05, 0.1) is 23.1 Å². The van der Waals surface area contributed by atoms with Gasteiger partial charge in [-0.1, -0.05) is 24.4 Å². The number of hydrogen-bond acceptors (Lipinski definition) is 5. The van der Waals surface area contributed by atoms with Crippen LogP contribution in [0.1, 0.15) is 5.56 Å². The maximum Gasteiger partial charge on any atom is 0.189 e. The Morgan fingerprint density at radius 3 is 3.00 bits per heavy atom. The predicted octanol–water partition coefficient (Wildman–Crippen LogP) is 3.83. The number of fused-ring (bicyclic) bond motifs is 1. The maximum atomic E-state index is 4.67. The van der Waals surface area contributed by atoms with Gasteiger partial charge in [-0.3, -0.25) is 15.1 Å². The van der Waals surface area contributed by atoms with Crippen LogP contribution in [0.3, 0.4) is 0 Å². The van der Waals surface area contributed by atoms with Crippen LogP contribution in [0.15, 0.2) is 88.3 Å². The average Bonchev–Trinajstić information content (AvgIpc) is 3.21. The molecule has 1 N–H and O–H groups in total. The number of nitrogens with one attached hydrogen (secondary N) is 1. The Labute approximate surface area is 155 Å². The van der Waals surface area contributed by atoms with E-state index in [1.807, 2.05) is 42.6 Å². The van der Waals surface area contributed by atoms with Gasteiger partial charge in [0.2, 0.25) is 0 Å². The van der Waals surface area contributed by atoms with Crippen molar-refractivity contribution in [2.75, 3.05) is 7.05 Å². The lowest BCUT2D eigenvalue weighted by molar-refractivity contribution is 0.577. The van der Waals surface area contributed by atoms with Gasteiger partial charge in [-0.15, -0.1) is 0 Å². The molecule has 3 heterocycles. The second kappa shape index (κ2) is 6.97. The van der Waals surface area contributed by atoms with Gasteiger partial charge >= 0.3 is 0 Å². The standard InChI is InChI=1S/C19H16N6S/c1-13-5-7-18(15-11-22-23-12-15)24-25(13)19(20-2)26-16-6-8-17-14(10-16)4-3-9-21-17/h3-12H,1H2,2H3,(H,22,23). The first-order valence-corrected chi connectivity index (χ1v) is 8.80. The monoisotopic (exact) mass is 360 g/mol. The molecule has 0 saturated heterocycles. The molecule has 0 radical (unpaired) electrons. The SMILES string of the molecule is C=C1C=CC(c2cn[nH]c2)=NN1C(=NC)Sc1ccc2ncccc2c1. The van der Waals surface area contributed by atoms with Crippen LogP contribution in [0, 0.1) is 0 Å². The highest BCUT2D eigenvalue weighted by Gasteiger charge is 2.19. The number of pyridine rings is 1. The molecule has 0 amide bonds. The zero-order valence-corrected chi connectivity index (χ0v) is 14.9. The smallest absolute Gasteiger partial charge is 0.189 e. The highest BCUT2D eigenvalue weighted by atomic mass is 32.2. The summed E-state index contributed by atoms with van der Waals surface area (Å²) >= 11 is 1.54. The number of H-pyrrole nitrogens is 1. The Morgan fingerprint density at radius 1 is 1.27 bits per heavy atom. The van der Waals surface area contributed by atoms with Crippen LogP contribution in [0.4, 0.5) is 0 Å². The molecule has 0 bridgehead atoms. The minimum atomic E-state index is 0.739. The van der Waals surface area contributed by atoms with E-state index in [0.717, 1.165) is 37.9 Å². The summed E-state index contributed by atoms with van der Waals surface area (Å²) in [6, 6.07) is 10.1. The summed E-state index contributed by atoms with van der Waals surface area (Å²) < 4.78 is 0. The summed E-state index contributed by atoms with van der Waals surface area (Å²) in [6.45, 7) is 4.08. The lowest BCUT2D eigenvalue weighted by Gasteiger charge is -2.24. The lowest BCUT2D eigenvalue weighted by atomic mass is 10.2. The van der Waals surface area contributed by atoms with Gasteiger partial charge in [0.1, 0.15) is 0 Å². The molecule has 0 saturated carbocycles. The molecule has 0 unspecified atom stereocenters. The average molecular weight is 360 g/mol. The van der Waals surface area contributed by atoms with Gasteiger partial charge in [0.15, 0.2) is 5.17 Å². The van der Waals surface area contributed by atoms with Crippen molar-refractivity contribution in [1.82, 2.24) is 20.2 Å². The second-order valence-corrected chi connectivity index (χ2v) is 6.62. The molecule has 0 aliphatic carbocycles. The van der Waals surface area contributed by atoms with Gasteiger partial charge < -0.3 is 0 Å². The van der Waals surface area contributed by atoms with Crippen molar-refractivity contribution in [2.45, 2.75) is 4.90 Å². The quantitative estimate of drug-likeness (QED) is 0.428. The Kier molecular flexibility index (Phi) is 4.37. The maximum absolute atomic E-state index is 4.67. The van der Waals surface area contributed by atoms with Crippen molar-refractivity contribution in [2.24, 2.45) is 10.1 Å². The number of rotatable bonds is 2. The number of thioether (sulfide) groups is 1.